The van der Waals surface area contributed by atoms with E-state index in [0.29, 0.717) is 0 Å². The summed E-state index contributed by atoms with van der Waals surface area (Å²) in [6, 6.07) is 17.3. The van der Waals surface area contributed by atoms with Gasteiger partial charge in [-0.05, 0) is 69.6 Å². The maximum absolute atomic E-state index is 11.1. The Morgan fingerprint density at radius 2 is 1.48 bits per heavy atom. The Labute approximate surface area is 165 Å². The van der Waals surface area contributed by atoms with Crippen LogP contribution in [0.3, 0.4) is 0 Å². The van der Waals surface area contributed by atoms with Crippen LogP contribution < -0.4 is 4.90 Å². The second-order valence-electron chi connectivity index (χ2n) is 7.35. The lowest BCUT2D eigenvalue weighted by Gasteiger charge is -2.33. The number of carbonyl (C=O) groups is 1. The van der Waals surface area contributed by atoms with Gasteiger partial charge in [-0.2, -0.15) is 0 Å². The number of benzene rings is 2. The summed E-state index contributed by atoms with van der Waals surface area (Å²) >= 11 is 1.85. The highest BCUT2D eigenvalue weighted by atomic mass is 32.2. The number of nitrogens with zero attached hydrogens (tertiary/aromatic N) is 2. The largest absolute Gasteiger partial charge is 0.481 e. The van der Waals surface area contributed by atoms with Crippen molar-refractivity contribution < 1.29 is 9.90 Å². The fraction of sp³-hybridized carbons (Fsp3) is 0.409. The summed E-state index contributed by atoms with van der Waals surface area (Å²) in [6.45, 7) is 3.92. The number of carboxylic acids is 1. The molecular weight excluding hydrogens is 356 g/mol. The van der Waals surface area contributed by atoms with Crippen LogP contribution >= 0.6 is 11.8 Å². The molecule has 0 bridgehead atoms. The van der Waals surface area contributed by atoms with Gasteiger partial charge in [-0.15, -0.1) is 0 Å². The topological polar surface area (TPSA) is 43.8 Å². The predicted molar refractivity (Wildman–Crippen MR) is 110 cm³/mol. The van der Waals surface area contributed by atoms with Crippen molar-refractivity contribution in [3.63, 3.8) is 0 Å². The first-order chi connectivity index (χ1) is 13.2. The molecule has 2 heterocycles. The van der Waals surface area contributed by atoms with Crippen LogP contribution in [0.1, 0.15) is 25.7 Å². The summed E-state index contributed by atoms with van der Waals surface area (Å²) in [7, 11) is 0. The Morgan fingerprint density at radius 3 is 2.07 bits per heavy atom. The molecule has 0 aliphatic carbocycles. The van der Waals surface area contributed by atoms with Gasteiger partial charge in [-0.1, -0.05) is 36.0 Å². The van der Waals surface area contributed by atoms with E-state index in [-0.39, 0.29) is 5.92 Å². The molecule has 1 fully saturated rings. The highest BCUT2D eigenvalue weighted by molar-refractivity contribution is 7.99. The van der Waals surface area contributed by atoms with Gasteiger partial charge in [0.25, 0.3) is 0 Å². The van der Waals surface area contributed by atoms with E-state index in [9.17, 15) is 4.79 Å². The van der Waals surface area contributed by atoms with Gasteiger partial charge >= 0.3 is 5.97 Å². The Balaban J connectivity index is 1.33. The minimum atomic E-state index is -0.630. The van der Waals surface area contributed by atoms with Gasteiger partial charge < -0.3 is 14.9 Å². The molecule has 4 rings (SSSR count). The monoisotopic (exact) mass is 382 g/mol. The van der Waals surface area contributed by atoms with E-state index in [2.05, 4.69) is 58.3 Å². The fourth-order valence-corrected chi connectivity index (χ4v) is 5.13. The first-order valence-electron chi connectivity index (χ1n) is 9.81. The molecule has 1 saturated heterocycles. The summed E-state index contributed by atoms with van der Waals surface area (Å²) < 4.78 is 0. The van der Waals surface area contributed by atoms with Crippen molar-refractivity contribution in [2.45, 2.75) is 35.5 Å². The number of carboxylic acid groups (broad SMARTS) is 1. The molecule has 5 heteroatoms. The van der Waals surface area contributed by atoms with Crippen molar-refractivity contribution in [1.82, 2.24) is 4.90 Å². The summed E-state index contributed by atoms with van der Waals surface area (Å²) in [5.41, 5.74) is 2.62. The van der Waals surface area contributed by atoms with E-state index in [1.807, 2.05) is 11.8 Å². The van der Waals surface area contributed by atoms with Crippen molar-refractivity contribution >= 4 is 29.1 Å². The second kappa shape index (κ2) is 8.36. The molecule has 2 aliphatic heterocycles. The number of aliphatic carboxylic acids is 1. The summed E-state index contributed by atoms with van der Waals surface area (Å²) in [5.74, 6) is -0.768. The molecule has 0 unspecified atom stereocenters. The Kier molecular flexibility index (Phi) is 5.69. The normalized spacial score (nSPS) is 17.4. The standard InChI is InChI=1S/C22H26N2O2S/c25-22(26)17-11-15-23(16-12-17)13-5-6-14-24-18-7-1-3-9-20(18)27-21-10-4-2-8-19(21)24/h1-4,7-10,17H,5-6,11-16H2,(H,25,26). The average Bonchev–Trinajstić information content (AvgIpc) is 2.70. The molecule has 1 N–H and O–H groups in total. The van der Waals surface area contributed by atoms with Crippen LogP contribution in [0.4, 0.5) is 11.4 Å². The number of likely N-dealkylation sites (tertiary alicyclic amines) is 1. The SMILES string of the molecule is O=C(O)C1CCN(CCCCN2c3ccccc3Sc3ccccc32)CC1. The lowest BCUT2D eigenvalue weighted by atomic mass is 9.97. The maximum Gasteiger partial charge on any atom is 0.306 e. The van der Waals surface area contributed by atoms with Gasteiger partial charge in [0.2, 0.25) is 0 Å². The van der Waals surface area contributed by atoms with E-state index in [4.69, 9.17) is 5.11 Å². The van der Waals surface area contributed by atoms with Crippen LogP contribution in [0.15, 0.2) is 58.3 Å². The number of rotatable bonds is 6. The molecule has 0 spiro atoms. The van der Waals surface area contributed by atoms with Crippen LogP contribution in [0, 0.1) is 5.92 Å². The number of anilines is 2. The minimum Gasteiger partial charge on any atom is -0.481 e. The zero-order valence-corrected chi connectivity index (χ0v) is 16.3. The fourth-order valence-electron chi connectivity index (χ4n) is 4.03. The van der Waals surface area contributed by atoms with Gasteiger partial charge in [0.1, 0.15) is 0 Å². The van der Waals surface area contributed by atoms with E-state index in [1.165, 1.54) is 21.2 Å². The zero-order valence-electron chi connectivity index (χ0n) is 15.5. The molecule has 0 atom stereocenters. The van der Waals surface area contributed by atoms with E-state index in [0.717, 1.165) is 51.9 Å². The number of para-hydroxylation sites is 2. The molecular formula is C22H26N2O2S. The van der Waals surface area contributed by atoms with Gasteiger partial charge in [-0.3, -0.25) is 4.79 Å². The molecule has 142 valence electrons. The van der Waals surface area contributed by atoms with Gasteiger partial charge in [0.05, 0.1) is 17.3 Å². The Bertz CT molecular complexity index is 757. The molecule has 2 aromatic carbocycles. The van der Waals surface area contributed by atoms with E-state index >= 15 is 0 Å². The summed E-state index contributed by atoms with van der Waals surface area (Å²) in [4.78, 5) is 18.6. The number of hydrogen-bond donors (Lipinski definition) is 1. The molecule has 2 aliphatic rings. The highest BCUT2D eigenvalue weighted by Gasteiger charge is 2.25. The lowest BCUT2D eigenvalue weighted by molar-refractivity contribution is -0.143. The first-order valence-corrected chi connectivity index (χ1v) is 10.6. The molecule has 0 amide bonds. The molecule has 2 aromatic rings. The predicted octanol–water partition coefficient (Wildman–Crippen LogP) is 4.87. The molecule has 4 nitrogen and oxygen atoms in total. The third-order valence-corrected chi connectivity index (χ3v) is 6.71. The average molecular weight is 383 g/mol. The van der Waals surface area contributed by atoms with E-state index < -0.39 is 5.97 Å². The Morgan fingerprint density at radius 1 is 0.926 bits per heavy atom. The van der Waals surface area contributed by atoms with Crippen molar-refractivity contribution in [3.8, 4) is 0 Å². The quantitative estimate of drug-likeness (QED) is 0.723. The first kappa shape index (κ1) is 18.4. The van der Waals surface area contributed by atoms with Gasteiger partial charge in [-0.25, -0.2) is 0 Å². The number of hydrogen-bond acceptors (Lipinski definition) is 4. The molecule has 0 radical (unpaired) electrons. The van der Waals surface area contributed by atoms with Crippen LogP contribution in [0.2, 0.25) is 0 Å². The van der Waals surface area contributed by atoms with Crippen molar-refractivity contribution in [2.75, 3.05) is 31.1 Å². The Hall–Kier alpha value is -1.98. The minimum absolute atomic E-state index is 0.139. The summed E-state index contributed by atoms with van der Waals surface area (Å²) in [5, 5.41) is 9.12. The van der Waals surface area contributed by atoms with Gasteiger partial charge in [0.15, 0.2) is 0 Å². The van der Waals surface area contributed by atoms with Crippen LogP contribution in [0.25, 0.3) is 0 Å². The van der Waals surface area contributed by atoms with Crippen molar-refractivity contribution in [2.24, 2.45) is 5.92 Å². The van der Waals surface area contributed by atoms with Crippen molar-refractivity contribution in [3.05, 3.63) is 48.5 Å². The third kappa shape index (κ3) is 4.14. The van der Waals surface area contributed by atoms with Crippen LogP contribution in [0.5, 0.6) is 0 Å². The number of fused-ring (bicyclic) bond motifs is 2. The molecule has 0 aromatic heterocycles. The second-order valence-corrected chi connectivity index (χ2v) is 8.43. The molecule has 0 saturated carbocycles. The smallest absolute Gasteiger partial charge is 0.306 e. The maximum atomic E-state index is 11.1. The van der Waals surface area contributed by atoms with E-state index in [1.54, 1.807) is 0 Å². The number of unbranched alkanes of at least 4 members (excludes halogenated alkanes) is 1. The highest BCUT2D eigenvalue weighted by Crippen LogP contribution is 2.47. The molecule has 27 heavy (non-hydrogen) atoms. The number of piperidine rings is 1. The zero-order chi connectivity index (χ0) is 18.6. The van der Waals surface area contributed by atoms with Crippen LogP contribution in [-0.2, 0) is 4.79 Å². The summed E-state index contributed by atoms with van der Waals surface area (Å²) in [6.07, 6.45) is 3.86. The van der Waals surface area contributed by atoms with Gasteiger partial charge in [0, 0.05) is 16.3 Å². The van der Waals surface area contributed by atoms with Crippen molar-refractivity contribution in [1.29, 1.82) is 0 Å². The third-order valence-electron chi connectivity index (χ3n) is 5.57. The lowest BCUT2D eigenvalue weighted by Crippen LogP contribution is -2.37. The van der Waals surface area contributed by atoms with Crippen LogP contribution in [-0.4, -0.2) is 42.2 Å².